The van der Waals surface area contributed by atoms with Crippen molar-refractivity contribution in [2.24, 2.45) is 5.92 Å². The zero-order valence-electron chi connectivity index (χ0n) is 6.84. The Bertz CT molecular complexity index is 190. The molecule has 2 heteroatoms. The maximum absolute atomic E-state index is 8.44. The second-order valence-corrected chi connectivity index (χ2v) is 2.88. The third kappa shape index (κ3) is 2.27. The van der Waals surface area contributed by atoms with Gasteiger partial charge in [-0.05, 0) is 24.8 Å². The quantitative estimate of drug-likeness (QED) is 0.606. The van der Waals surface area contributed by atoms with E-state index in [1.54, 1.807) is 7.11 Å². The van der Waals surface area contributed by atoms with E-state index in [4.69, 9.17) is 10.00 Å². The van der Waals surface area contributed by atoms with E-state index in [1.165, 1.54) is 0 Å². The summed E-state index contributed by atoms with van der Waals surface area (Å²) in [5, 5.41) is 8.44. The molecule has 2 nitrogen and oxygen atoms in total. The van der Waals surface area contributed by atoms with Crippen molar-refractivity contribution in [2.45, 2.75) is 25.7 Å². The Morgan fingerprint density at radius 2 is 2.64 bits per heavy atom. The Hall–Kier alpha value is -0.970. The summed E-state index contributed by atoms with van der Waals surface area (Å²) in [7, 11) is 1.70. The van der Waals surface area contributed by atoms with Gasteiger partial charge in [0.1, 0.15) is 0 Å². The summed E-state index contributed by atoms with van der Waals surface area (Å²) in [5.74, 6) is 1.65. The highest BCUT2D eigenvalue weighted by atomic mass is 16.5. The van der Waals surface area contributed by atoms with Crippen molar-refractivity contribution in [3.8, 4) is 6.07 Å². The first-order valence-electron chi connectivity index (χ1n) is 3.96. The lowest BCUT2D eigenvalue weighted by atomic mass is 9.91. The molecule has 0 amide bonds. The molecule has 0 aromatic carbocycles. The van der Waals surface area contributed by atoms with Crippen molar-refractivity contribution in [1.29, 1.82) is 5.26 Å². The van der Waals surface area contributed by atoms with Crippen LogP contribution in [-0.4, -0.2) is 7.11 Å². The zero-order chi connectivity index (χ0) is 8.10. The van der Waals surface area contributed by atoms with E-state index >= 15 is 0 Å². The van der Waals surface area contributed by atoms with Crippen LogP contribution in [0.25, 0.3) is 0 Å². The summed E-state index contributed by atoms with van der Waals surface area (Å²) < 4.78 is 5.10. The molecule has 1 aliphatic rings. The first-order valence-corrected chi connectivity index (χ1v) is 3.96. The Balaban J connectivity index is 2.36. The number of methoxy groups -OCH3 is 1. The summed E-state index contributed by atoms with van der Waals surface area (Å²) in [4.78, 5) is 0. The second-order valence-electron chi connectivity index (χ2n) is 2.88. The zero-order valence-corrected chi connectivity index (χ0v) is 6.84. The minimum Gasteiger partial charge on any atom is -0.501 e. The Morgan fingerprint density at radius 3 is 3.09 bits per heavy atom. The third-order valence-corrected chi connectivity index (χ3v) is 2.12. The second kappa shape index (κ2) is 4.02. The molecule has 0 fully saturated rings. The average Bonchev–Trinajstić information content (AvgIpc) is 2.07. The predicted molar refractivity (Wildman–Crippen MR) is 42.7 cm³/mol. The number of rotatable bonds is 2. The number of ether oxygens (including phenoxy) is 1. The number of hydrogen-bond donors (Lipinski definition) is 0. The van der Waals surface area contributed by atoms with Gasteiger partial charge >= 0.3 is 0 Å². The lowest BCUT2D eigenvalue weighted by molar-refractivity contribution is 0.254. The molecule has 0 aliphatic heterocycles. The van der Waals surface area contributed by atoms with Crippen LogP contribution in [-0.2, 0) is 4.74 Å². The first-order chi connectivity index (χ1) is 5.36. The van der Waals surface area contributed by atoms with Crippen LogP contribution in [0, 0.1) is 17.2 Å². The lowest BCUT2D eigenvalue weighted by Crippen LogP contribution is -2.05. The van der Waals surface area contributed by atoms with Gasteiger partial charge in [0.25, 0.3) is 0 Å². The molecule has 0 radical (unpaired) electrons. The molecule has 1 atom stereocenters. The van der Waals surface area contributed by atoms with Crippen molar-refractivity contribution in [2.75, 3.05) is 7.11 Å². The highest BCUT2D eigenvalue weighted by molar-refractivity contribution is 5.00. The van der Waals surface area contributed by atoms with E-state index in [0.717, 1.165) is 25.0 Å². The van der Waals surface area contributed by atoms with E-state index < -0.39 is 0 Å². The van der Waals surface area contributed by atoms with E-state index in [0.29, 0.717) is 12.3 Å². The van der Waals surface area contributed by atoms with Gasteiger partial charge in [-0.1, -0.05) is 0 Å². The fourth-order valence-corrected chi connectivity index (χ4v) is 1.36. The smallest absolute Gasteiger partial charge is 0.0915 e. The molecule has 0 heterocycles. The van der Waals surface area contributed by atoms with Gasteiger partial charge in [0, 0.05) is 12.8 Å². The molecule has 1 unspecified atom stereocenters. The van der Waals surface area contributed by atoms with E-state index in [1.807, 2.05) is 0 Å². The molecule has 0 spiro atoms. The predicted octanol–water partition coefficient (Wildman–Crippen LogP) is 2.23. The minimum atomic E-state index is 0.568. The molecule has 0 bridgehead atoms. The Labute approximate surface area is 67.5 Å². The minimum absolute atomic E-state index is 0.568. The molecule has 0 aromatic heterocycles. The molecule has 0 saturated heterocycles. The van der Waals surface area contributed by atoms with Crippen molar-refractivity contribution >= 4 is 0 Å². The van der Waals surface area contributed by atoms with Crippen LogP contribution in [0.2, 0.25) is 0 Å². The van der Waals surface area contributed by atoms with Crippen LogP contribution in [0.15, 0.2) is 11.8 Å². The number of nitrogens with zero attached hydrogens (tertiary/aromatic N) is 1. The van der Waals surface area contributed by atoms with E-state index in [-0.39, 0.29) is 0 Å². The molecule has 60 valence electrons. The molecule has 1 aliphatic carbocycles. The van der Waals surface area contributed by atoms with Crippen LogP contribution >= 0.6 is 0 Å². The highest BCUT2D eigenvalue weighted by Gasteiger charge is 2.13. The van der Waals surface area contributed by atoms with Crippen LogP contribution < -0.4 is 0 Å². The Morgan fingerprint density at radius 1 is 1.82 bits per heavy atom. The van der Waals surface area contributed by atoms with Gasteiger partial charge in [0.2, 0.25) is 0 Å². The molecule has 0 aromatic rings. The summed E-state index contributed by atoms with van der Waals surface area (Å²) in [5.41, 5.74) is 0. The summed E-state index contributed by atoms with van der Waals surface area (Å²) in [6.45, 7) is 0. The van der Waals surface area contributed by atoms with Gasteiger partial charge in [0.05, 0.1) is 18.9 Å². The summed E-state index contributed by atoms with van der Waals surface area (Å²) >= 11 is 0. The van der Waals surface area contributed by atoms with Crippen molar-refractivity contribution in [3.63, 3.8) is 0 Å². The fraction of sp³-hybridized carbons (Fsp3) is 0.667. The molecule has 11 heavy (non-hydrogen) atoms. The van der Waals surface area contributed by atoms with Gasteiger partial charge in [0.15, 0.2) is 0 Å². The molecule has 0 N–H and O–H groups in total. The number of nitriles is 1. The lowest BCUT2D eigenvalue weighted by Gasteiger charge is -2.18. The van der Waals surface area contributed by atoms with Crippen molar-refractivity contribution in [1.82, 2.24) is 0 Å². The summed E-state index contributed by atoms with van der Waals surface area (Å²) in [6.07, 6.45) is 5.91. The number of hydrogen-bond acceptors (Lipinski definition) is 2. The SMILES string of the molecule is COC1=CCC(CC#N)CC1. The fourth-order valence-electron chi connectivity index (χ4n) is 1.36. The molecule has 0 saturated carbocycles. The normalized spacial score (nSPS) is 23.6. The van der Waals surface area contributed by atoms with E-state index in [2.05, 4.69) is 12.1 Å². The third-order valence-electron chi connectivity index (χ3n) is 2.12. The van der Waals surface area contributed by atoms with Gasteiger partial charge in [-0.3, -0.25) is 0 Å². The van der Waals surface area contributed by atoms with Crippen LogP contribution in [0.4, 0.5) is 0 Å². The van der Waals surface area contributed by atoms with Crippen molar-refractivity contribution < 1.29 is 4.74 Å². The highest BCUT2D eigenvalue weighted by Crippen LogP contribution is 2.25. The van der Waals surface area contributed by atoms with Crippen LogP contribution in [0.3, 0.4) is 0 Å². The largest absolute Gasteiger partial charge is 0.501 e. The monoisotopic (exact) mass is 151 g/mol. The van der Waals surface area contributed by atoms with Gasteiger partial charge in [-0.25, -0.2) is 0 Å². The van der Waals surface area contributed by atoms with Gasteiger partial charge < -0.3 is 4.74 Å². The molecular weight excluding hydrogens is 138 g/mol. The van der Waals surface area contributed by atoms with E-state index in [9.17, 15) is 0 Å². The van der Waals surface area contributed by atoms with Crippen LogP contribution in [0.1, 0.15) is 25.7 Å². The topological polar surface area (TPSA) is 33.0 Å². The number of allylic oxidation sites excluding steroid dienone is 2. The first kappa shape index (κ1) is 8.13. The maximum atomic E-state index is 8.44. The standard InChI is InChI=1S/C9H13NO/c1-11-9-4-2-8(3-5-9)6-7-10/h4,8H,2-3,5-6H2,1H3. The van der Waals surface area contributed by atoms with Gasteiger partial charge in [-0.2, -0.15) is 5.26 Å². The van der Waals surface area contributed by atoms with Crippen molar-refractivity contribution in [3.05, 3.63) is 11.8 Å². The molecule has 1 rings (SSSR count). The Kier molecular flexibility index (Phi) is 2.97. The average molecular weight is 151 g/mol. The van der Waals surface area contributed by atoms with Gasteiger partial charge in [-0.15, -0.1) is 0 Å². The van der Waals surface area contributed by atoms with Crippen LogP contribution in [0.5, 0.6) is 0 Å². The molecular formula is C9H13NO. The maximum Gasteiger partial charge on any atom is 0.0915 e. The summed E-state index contributed by atoms with van der Waals surface area (Å²) in [6, 6.07) is 2.20.